The van der Waals surface area contributed by atoms with Gasteiger partial charge < -0.3 is 19.6 Å². The highest BCUT2D eigenvalue weighted by atomic mass is 35.5. The topological polar surface area (TPSA) is 91.9 Å². The summed E-state index contributed by atoms with van der Waals surface area (Å²) in [7, 11) is 0. The van der Waals surface area contributed by atoms with Gasteiger partial charge >= 0.3 is 5.97 Å². The van der Waals surface area contributed by atoms with Gasteiger partial charge in [-0.3, -0.25) is 4.79 Å². The molecule has 3 aliphatic rings. The van der Waals surface area contributed by atoms with Crippen molar-refractivity contribution in [2.45, 2.75) is 51.7 Å². The Bertz CT molecular complexity index is 1350. The van der Waals surface area contributed by atoms with Gasteiger partial charge in [-0.05, 0) is 86.4 Å². The van der Waals surface area contributed by atoms with E-state index in [-0.39, 0.29) is 6.10 Å². The van der Waals surface area contributed by atoms with Crippen molar-refractivity contribution in [3.8, 4) is 5.75 Å². The van der Waals surface area contributed by atoms with Crippen molar-refractivity contribution < 1.29 is 19.3 Å². The molecular weight excluding hydrogens is 527 g/mol. The second-order valence-corrected chi connectivity index (χ2v) is 12.3. The van der Waals surface area contributed by atoms with Gasteiger partial charge in [0.05, 0.1) is 5.41 Å². The van der Waals surface area contributed by atoms with Gasteiger partial charge in [-0.15, -0.1) is 0 Å². The summed E-state index contributed by atoms with van der Waals surface area (Å²) in [5, 5.41) is 18.8. The fraction of sp³-hybridized carbons (Fsp3) is 0.536. The van der Waals surface area contributed by atoms with Gasteiger partial charge in [0.2, 0.25) is 0 Å². The Morgan fingerprint density at radius 1 is 1.16 bits per heavy atom. The van der Waals surface area contributed by atoms with Gasteiger partial charge in [0.25, 0.3) is 0 Å². The third-order valence-electron chi connectivity index (χ3n) is 8.85. The van der Waals surface area contributed by atoms with E-state index >= 15 is 0 Å². The number of anilines is 1. The normalized spacial score (nSPS) is 27.1. The van der Waals surface area contributed by atoms with Gasteiger partial charge in [0.15, 0.2) is 11.3 Å². The minimum Gasteiger partial charge on any atom is -0.483 e. The summed E-state index contributed by atoms with van der Waals surface area (Å²) in [5.74, 6) is 1.20. The maximum Gasteiger partial charge on any atom is 0.309 e. The molecule has 1 aliphatic carbocycles. The van der Waals surface area contributed by atoms with E-state index in [1.807, 2.05) is 32.0 Å². The number of hydrogen-bond donors (Lipinski definition) is 1. The lowest BCUT2D eigenvalue weighted by atomic mass is 9.65. The number of benzene rings is 2. The van der Waals surface area contributed by atoms with Crippen LogP contribution in [0.5, 0.6) is 5.75 Å². The van der Waals surface area contributed by atoms with E-state index in [0.29, 0.717) is 44.7 Å². The van der Waals surface area contributed by atoms with Crippen LogP contribution in [-0.4, -0.2) is 58.5 Å². The first-order chi connectivity index (χ1) is 18.2. The zero-order valence-corrected chi connectivity index (χ0v) is 23.1. The maximum absolute atomic E-state index is 11.5. The summed E-state index contributed by atoms with van der Waals surface area (Å²) in [4.78, 5) is 16.4. The molecule has 2 saturated heterocycles. The molecule has 0 spiro atoms. The van der Waals surface area contributed by atoms with Crippen LogP contribution in [0.15, 0.2) is 35.0 Å². The Kier molecular flexibility index (Phi) is 6.69. The maximum atomic E-state index is 11.5. The van der Waals surface area contributed by atoms with Crippen LogP contribution in [0.3, 0.4) is 0 Å². The minimum absolute atomic E-state index is 0.318. The SMILES string of the molecule is C[C@@H](Oc1cc(N2CC([C@H]3CCCN(C4CC(C)(C(=O)O)C4)C3)C2)cc2nonc12)c1ccc(Cl)cc1Cl. The van der Waals surface area contributed by atoms with Crippen LogP contribution < -0.4 is 9.64 Å². The number of fused-ring (bicyclic) bond motifs is 1. The molecule has 1 aromatic heterocycles. The van der Waals surface area contributed by atoms with Crippen LogP contribution in [-0.2, 0) is 4.79 Å². The molecule has 1 N–H and O–H groups in total. The minimum atomic E-state index is -0.662. The second-order valence-electron chi connectivity index (χ2n) is 11.5. The number of carbonyl (C=O) groups is 1. The standard InChI is InChI=1S/C28H32Cl2N4O4/c1-16(22-6-5-19(29)8-23(22)30)37-25-10-20(9-24-26(25)32-38-31-24)34-14-18(15-34)17-4-3-7-33(13-17)21-11-28(2,12-21)27(35)36/h5-6,8-10,16-18,21H,3-4,7,11-15H2,1-2H3,(H,35,36)/t16-,17+,21?,28?/m1/s1. The zero-order valence-electron chi connectivity index (χ0n) is 21.6. The number of halogens is 2. The van der Waals surface area contributed by atoms with Crippen molar-refractivity contribution in [3.63, 3.8) is 0 Å². The molecule has 202 valence electrons. The molecular formula is C28H32Cl2N4O4. The van der Waals surface area contributed by atoms with Crippen molar-refractivity contribution in [3.05, 3.63) is 45.9 Å². The number of ether oxygens (including phenoxy) is 1. The average molecular weight is 559 g/mol. The summed E-state index contributed by atoms with van der Waals surface area (Å²) in [6.07, 6.45) is 3.63. The Labute approximate surface area is 231 Å². The molecule has 10 heteroatoms. The van der Waals surface area contributed by atoms with Crippen molar-refractivity contribution in [1.82, 2.24) is 15.2 Å². The van der Waals surface area contributed by atoms with Gasteiger partial charge in [0.1, 0.15) is 11.6 Å². The highest BCUT2D eigenvalue weighted by Crippen LogP contribution is 2.46. The van der Waals surface area contributed by atoms with Gasteiger partial charge in [-0.1, -0.05) is 29.3 Å². The second kappa shape index (κ2) is 9.88. The summed E-state index contributed by atoms with van der Waals surface area (Å²) in [6, 6.07) is 9.81. The van der Waals surface area contributed by atoms with E-state index < -0.39 is 11.4 Å². The molecule has 2 aliphatic heterocycles. The molecule has 2 aromatic carbocycles. The van der Waals surface area contributed by atoms with Crippen LogP contribution in [0.1, 0.15) is 51.2 Å². The number of likely N-dealkylation sites (tertiary alicyclic amines) is 1. The smallest absolute Gasteiger partial charge is 0.309 e. The summed E-state index contributed by atoms with van der Waals surface area (Å²) < 4.78 is 11.4. The third-order valence-corrected chi connectivity index (χ3v) is 9.41. The lowest BCUT2D eigenvalue weighted by molar-refractivity contribution is -0.158. The number of hydrogen-bond acceptors (Lipinski definition) is 7. The molecule has 0 bridgehead atoms. The number of piperidine rings is 1. The number of nitrogens with zero attached hydrogens (tertiary/aromatic N) is 4. The summed E-state index contributed by atoms with van der Waals surface area (Å²) in [6.45, 7) is 7.92. The van der Waals surface area contributed by atoms with E-state index in [9.17, 15) is 9.90 Å². The number of rotatable bonds is 7. The molecule has 0 amide bonds. The summed E-state index contributed by atoms with van der Waals surface area (Å²) >= 11 is 12.5. The number of aromatic nitrogens is 2. The lowest BCUT2D eigenvalue weighted by Gasteiger charge is -2.52. The van der Waals surface area contributed by atoms with Gasteiger partial charge in [0, 0.05) is 53.0 Å². The van der Waals surface area contributed by atoms with Gasteiger partial charge in [-0.2, -0.15) is 0 Å². The molecule has 2 atom stereocenters. The first-order valence-corrected chi connectivity index (χ1v) is 14.1. The third kappa shape index (κ3) is 4.71. The molecule has 3 fully saturated rings. The number of aliphatic carboxylic acids is 1. The van der Waals surface area contributed by atoms with E-state index in [2.05, 4.69) is 20.1 Å². The van der Waals surface area contributed by atoms with Crippen LogP contribution in [0, 0.1) is 17.3 Å². The molecule has 8 nitrogen and oxygen atoms in total. The Hall–Kier alpha value is -2.55. The van der Waals surface area contributed by atoms with Crippen molar-refractivity contribution >= 4 is 45.9 Å². The molecule has 38 heavy (non-hydrogen) atoms. The van der Waals surface area contributed by atoms with Crippen LogP contribution >= 0.6 is 23.2 Å². The predicted molar refractivity (Wildman–Crippen MR) is 146 cm³/mol. The monoisotopic (exact) mass is 558 g/mol. The molecule has 6 rings (SSSR count). The van der Waals surface area contributed by atoms with Crippen LogP contribution in [0.4, 0.5) is 5.69 Å². The highest BCUT2D eigenvalue weighted by Gasteiger charge is 2.49. The number of carboxylic acids is 1. The van der Waals surface area contributed by atoms with Crippen molar-refractivity contribution in [2.75, 3.05) is 31.1 Å². The summed E-state index contributed by atoms with van der Waals surface area (Å²) in [5.41, 5.74) is 2.57. The Balaban J connectivity index is 1.11. The van der Waals surface area contributed by atoms with E-state index in [1.54, 1.807) is 12.1 Å². The quantitative estimate of drug-likeness (QED) is 0.373. The average Bonchev–Trinajstić information content (AvgIpc) is 3.30. The van der Waals surface area contributed by atoms with E-state index in [4.69, 9.17) is 32.6 Å². The van der Waals surface area contributed by atoms with Crippen molar-refractivity contribution in [1.29, 1.82) is 0 Å². The fourth-order valence-corrected chi connectivity index (χ4v) is 6.96. The predicted octanol–water partition coefficient (Wildman–Crippen LogP) is 6.07. The zero-order chi connectivity index (χ0) is 26.6. The molecule has 3 heterocycles. The number of carboxylic acid groups (broad SMARTS) is 1. The Morgan fingerprint density at radius 2 is 1.95 bits per heavy atom. The van der Waals surface area contributed by atoms with E-state index in [1.165, 1.54) is 12.8 Å². The van der Waals surface area contributed by atoms with Crippen LogP contribution in [0.25, 0.3) is 11.0 Å². The molecule has 3 aromatic rings. The lowest BCUT2D eigenvalue weighted by Crippen LogP contribution is -2.58. The van der Waals surface area contributed by atoms with E-state index in [0.717, 1.165) is 50.3 Å². The highest BCUT2D eigenvalue weighted by molar-refractivity contribution is 6.35. The largest absolute Gasteiger partial charge is 0.483 e. The molecule has 0 unspecified atom stereocenters. The van der Waals surface area contributed by atoms with Crippen molar-refractivity contribution in [2.24, 2.45) is 17.3 Å². The molecule has 0 radical (unpaired) electrons. The first kappa shape index (κ1) is 25.7. The van der Waals surface area contributed by atoms with Crippen LogP contribution in [0.2, 0.25) is 10.0 Å². The first-order valence-electron chi connectivity index (χ1n) is 13.3. The Morgan fingerprint density at radius 3 is 2.68 bits per heavy atom. The molecule has 1 saturated carbocycles. The fourth-order valence-electron chi connectivity index (χ4n) is 6.39. The van der Waals surface area contributed by atoms with Gasteiger partial charge in [-0.25, -0.2) is 4.63 Å².